The fourth-order valence-electron chi connectivity index (χ4n) is 4.26. The molecule has 0 radical (unpaired) electrons. The normalized spacial score (nSPS) is 14.5. The molecular formula is C25H25N5OS. The van der Waals surface area contributed by atoms with E-state index in [1.165, 1.54) is 30.6 Å². The van der Waals surface area contributed by atoms with Crippen LogP contribution in [-0.4, -0.2) is 26.8 Å². The highest BCUT2D eigenvalue weighted by Crippen LogP contribution is 2.30. The lowest BCUT2D eigenvalue weighted by atomic mass is 9.95. The van der Waals surface area contributed by atoms with Crippen LogP contribution >= 0.6 is 11.3 Å². The van der Waals surface area contributed by atoms with Crippen molar-refractivity contribution in [1.82, 2.24) is 15.0 Å². The average molecular weight is 444 g/mol. The second-order valence-corrected chi connectivity index (χ2v) is 9.37. The zero-order valence-corrected chi connectivity index (χ0v) is 18.6. The Hall–Kier alpha value is -3.32. The number of pyridine rings is 2. The number of anilines is 2. The molecule has 0 aliphatic heterocycles. The molecule has 6 nitrogen and oxygen atoms in total. The molecule has 0 atom stereocenters. The Morgan fingerprint density at radius 2 is 1.88 bits per heavy atom. The summed E-state index contributed by atoms with van der Waals surface area (Å²) in [6.45, 7) is 0. The minimum Gasteiger partial charge on any atom is -0.375 e. The van der Waals surface area contributed by atoms with Crippen LogP contribution in [0.2, 0.25) is 0 Å². The molecule has 1 saturated carbocycles. The van der Waals surface area contributed by atoms with Gasteiger partial charge in [0.05, 0.1) is 11.3 Å². The predicted molar refractivity (Wildman–Crippen MR) is 130 cm³/mol. The van der Waals surface area contributed by atoms with Crippen molar-refractivity contribution in [2.24, 2.45) is 0 Å². The fourth-order valence-corrected chi connectivity index (χ4v) is 4.94. The Balaban J connectivity index is 1.33. The van der Waals surface area contributed by atoms with Gasteiger partial charge in [0, 0.05) is 41.3 Å². The number of carbonyl (C=O) groups is 1. The molecule has 5 rings (SSSR count). The lowest BCUT2D eigenvalue weighted by Crippen LogP contribution is -2.23. The Bertz CT molecular complexity index is 1260. The summed E-state index contributed by atoms with van der Waals surface area (Å²) in [7, 11) is 0. The zero-order chi connectivity index (χ0) is 21.9. The first-order valence-electron chi connectivity index (χ1n) is 11.0. The molecule has 1 fully saturated rings. The number of ketones is 1. The Morgan fingerprint density at radius 3 is 2.69 bits per heavy atom. The summed E-state index contributed by atoms with van der Waals surface area (Å²) >= 11 is 1.46. The SMILES string of the molecule is Nc1ncc(-c2ccc3cnc(CC(=O)c4ccnc(NC5CCCCC5)c4)cc3c2)s1. The first-order chi connectivity index (χ1) is 15.6. The van der Waals surface area contributed by atoms with E-state index in [0.29, 0.717) is 16.7 Å². The standard InChI is InChI=1S/C25H25N5OS/c26-25-29-15-23(32-25)17-6-7-18-14-28-21(11-19(18)10-17)13-22(31)16-8-9-27-24(12-16)30-20-4-2-1-3-5-20/h6-12,14-15,20H,1-5,13H2,(H2,26,29)(H,27,30). The van der Waals surface area contributed by atoms with Crippen LogP contribution in [0.15, 0.2) is 55.0 Å². The Kier molecular flexibility index (Phi) is 5.81. The minimum atomic E-state index is 0.0392. The van der Waals surface area contributed by atoms with E-state index in [1.807, 2.05) is 30.5 Å². The number of carbonyl (C=O) groups excluding carboxylic acids is 1. The van der Waals surface area contributed by atoms with Gasteiger partial charge >= 0.3 is 0 Å². The summed E-state index contributed by atoms with van der Waals surface area (Å²) < 4.78 is 0. The number of aromatic nitrogens is 3. The number of benzene rings is 1. The van der Waals surface area contributed by atoms with Gasteiger partial charge in [-0.05, 0) is 48.1 Å². The van der Waals surface area contributed by atoms with Crippen molar-refractivity contribution in [2.75, 3.05) is 11.1 Å². The van der Waals surface area contributed by atoms with Crippen LogP contribution in [-0.2, 0) is 6.42 Å². The molecule has 3 N–H and O–H groups in total. The molecule has 162 valence electrons. The molecule has 3 aromatic heterocycles. The lowest BCUT2D eigenvalue weighted by molar-refractivity contribution is 0.0992. The number of Topliss-reactive ketones (excluding diaryl/α,β-unsaturated/α-hetero) is 1. The molecule has 32 heavy (non-hydrogen) atoms. The van der Waals surface area contributed by atoms with E-state index in [1.54, 1.807) is 18.5 Å². The molecule has 1 aliphatic carbocycles. The summed E-state index contributed by atoms with van der Waals surface area (Å²) in [4.78, 5) is 27.1. The maximum atomic E-state index is 13.0. The second-order valence-electron chi connectivity index (χ2n) is 8.31. The average Bonchev–Trinajstić information content (AvgIpc) is 3.26. The summed E-state index contributed by atoms with van der Waals surface area (Å²) in [5.74, 6) is 0.819. The van der Waals surface area contributed by atoms with Gasteiger partial charge in [0.2, 0.25) is 0 Å². The first-order valence-corrected chi connectivity index (χ1v) is 11.8. The van der Waals surface area contributed by atoms with Crippen molar-refractivity contribution >= 4 is 38.8 Å². The van der Waals surface area contributed by atoms with Gasteiger partial charge in [-0.25, -0.2) is 9.97 Å². The predicted octanol–water partition coefficient (Wildman–Crippen LogP) is 5.51. The summed E-state index contributed by atoms with van der Waals surface area (Å²) in [5.41, 5.74) is 8.25. The topological polar surface area (TPSA) is 93.8 Å². The number of fused-ring (bicyclic) bond motifs is 1. The minimum absolute atomic E-state index is 0.0392. The maximum Gasteiger partial charge on any atom is 0.180 e. The van der Waals surface area contributed by atoms with Crippen molar-refractivity contribution in [2.45, 2.75) is 44.6 Å². The van der Waals surface area contributed by atoms with E-state index < -0.39 is 0 Å². The van der Waals surface area contributed by atoms with Gasteiger partial charge in [-0.2, -0.15) is 0 Å². The van der Waals surface area contributed by atoms with E-state index in [9.17, 15) is 4.79 Å². The number of thiazole rings is 1. The summed E-state index contributed by atoms with van der Waals surface area (Å²) in [6, 6.07) is 12.3. The van der Waals surface area contributed by atoms with Crippen molar-refractivity contribution < 1.29 is 4.79 Å². The summed E-state index contributed by atoms with van der Waals surface area (Å²) in [6.07, 6.45) is 11.7. The molecule has 0 bridgehead atoms. The van der Waals surface area contributed by atoms with Crippen LogP contribution in [0.1, 0.15) is 48.2 Å². The number of nitrogens with zero attached hydrogens (tertiary/aromatic N) is 3. The molecule has 3 heterocycles. The highest BCUT2D eigenvalue weighted by Gasteiger charge is 2.15. The highest BCUT2D eigenvalue weighted by molar-refractivity contribution is 7.18. The van der Waals surface area contributed by atoms with Crippen molar-refractivity contribution in [3.05, 3.63) is 66.2 Å². The van der Waals surface area contributed by atoms with E-state index in [-0.39, 0.29) is 12.2 Å². The number of nitrogens with two attached hydrogens (primary N) is 1. The van der Waals surface area contributed by atoms with Crippen molar-refractivity contribution in [1.29, 1.82) is 0 Å². The molecule has 1 aromatic carbocycles. The third kappa shape index (κ3) is 4.62. The molecular weight excluding hydrogens is 418 g/mol. The molecule has 7 heteroatoms. The molecule has 0 saturated heterocycles. The van der Waals surface area contributed by atoms with Crippen LogP contribution in [0.25, 0.3) is 21.2 Å². The molecule has 1 aliphatic rings. The third-order valence-electron chi connectivity index (χ3n) is 5.97. The number of nitrogen functional groups attached to an aromatic ring is 1. The lowest BCUT2D eigenvalue weighted by Gasteiger charge is -2.23. The largest absolute Gasteiger partial charge is 0.375 e. The van der Waals surface area contributed by atoms with Gasteiger partial charge in [0.15, 0.2) is 10.9 Å². The van der Waals surface area contributed by atoms with E-state index in [4.69, 9.17) is 5.73 Å². The van der Waals surface area contributed by atoms with E-state index in [2.05, 4.69) is 26.3 Å². The van der Waals surface area contributed by atoms with Crippen molar-refractivity contribution in [3.8, 4) is 10.4 Å². The smallest absolute Gasteiger partial charge is 0.180 e. The van der Waals surface area contributed by atoms with Crippen LogP contribution in [0.3, 0.4) is 0 Å². The zero-order valence-electron chi connectivity index (χ0n) is 17.8. The fraction of sp³-hybridized carbons (Fsp3) is 0.280. The molecule has 0 spiro atoms. The van der Waals surface area contributed by atoms with Crippen LogP contribution in [0.5, 0.6) is 0 Å². The van der Waals surface area contributed by atoms with Gasteiger partial charge in [-0.15, -0.1) is 0 Å². The first kappa shape index (κ1) is 20.6. The van der Waals surface area contributed by atoms with E-state index in [0.717, 1.165) is 45.6 Å². The number of rotatable bonds is 6. The Labute approximate surface area is 190 Å². The van der Waals surface area contributed by atoms with Gasteiger partial charge in [-0.1, -0.05) is 42.7 Å². The molecule has 0 unspecified atom stereocenters. The highest BCUT2D eigenvalue weighted by atomic mass is 32.1. The van der Waals surface area contributed by atoms with Gasteiger partial charge in [0.1, 0.15) is 5.82 Å². The van der Waals surface area contributed by atoms with Gasteiger partial charge in [0.25, 0.3) is 0 Å². The van der Waals surface area contributed by atoms with Gasteiger partial charge < -0.3 is 11.1 Å². The quantitative estimate of drug-likeness (QED) is 0.382. The Morgan fingerprint density at radius 1 is 1.00 bits per heavy atom. The number of hydrogen-bond acceptors (Lipinski definition) is 7. The van der Waals surface area contributed by atoms with Crippen LogP contribution in [0, 0.1) is 0 Å². The monoisotopic (exact) mass is 443 g/mol. The number of hydrogen-bond donors (Lipinski definition) is 2. The van der Waals surface area contributed by atoms with Gasteiger partial charge in [-0.3, -0.25) is 9.78 Å². The summed E-state index contributed by atoms with van der Waals surface area (Å²) in [5, 5.41) is 6.12. The molecule has 4 aromatic rings. The van der Waals surface area contributed by atoms with E-state index >= 15 is 0 Å². The maximum absolute atomic E-state index is 13.0. The second kappa shape index (κ2) is 9.04. The van der Waals surface area contributed by atoms with Crippen LogP contribution < -0.4 is 11.1 Å². The van der Waals surface area contributed by atoms with Crippen molar-refractivity contribution in [3.63, 3.8) is 0 Å². The third-order valence-corrected chi connectivity index (χ3v) is 6.84. The van der Waals surface area contributed by atoms with Crippen LogP contribution in [0.4, 0.5) is 10.9 Å². The number of nitrogens with one attached hydrogen (secondary N) is 1. The molecule has 0 amide bonds.